The third-order valence-electron chi connectivity index (χ3n) is 3.55. The lowest BCUT2D eigenvalue weighted by Gasteiger charge is -2.15. The zero-order valence-electron chi connectivity index (χ0n) is 12.5. The molecule has 0 aliphatic carbocycles. The maximum absolute atomic E-state index is 11.8. The number of nitrogens with two attached hydrogens (primary N) is 1. The molecule has 0 aliphatic heterocycles. The molecule has 110 valence electrons. The molecule has 3 nitrogen and oxygen atoms in total. The van der Waals surface area contributed by atoms with E-state index in [2.05, 4.69) is 29.6 Å². The van der Waals surface area contributed by atoms with Crippen molar-refractivity contribution < 1.29 is 4.79 Å². The molecule has 1 atom stereocenters. The number of hydrogen-bond acceptors (Lipinski definition) is 2. The molecule has 0 unspecified atom stereocenters. The fourth-order valence-corrected chi connectivity index (χ4v) is 2.06. The van der Waals surface area contributed by atoms with Crippen molar-refractivity contribution in [2.75, 3.05) is 0 Å². The van der Waals surface area contributed by atoms with Crippen molar-refractivity contribution in [3.8, 4) is 11.1 Å². The summed E-state index contributed by atoms with van der Waals surface area (Å²) >= 11 is 0. The highest BCUT2D eigenvalue weighted by Gasteiger charge is 2.16. The minimum atomic E-state index is -0.450. The Hall–Kier alpha value is -2.13. The van der Waals surface area contributed by atoms with E-state index in [0.717, 1.165) is 5.56 Å². The molecular weight excluding hydrogens is 260 g/mol. The van der Waals surface area contributed by atoms with Gasteiger partial charge in [0.15, 0.2) is 0 Å². The Balaban J connectivity index is 1.96. The minimum absolute atomic E-state index is 0.0999. The molecular formula is C18H22N2O. The van der Waals surface area contributed by atoms with Gasteiger partial charge in [0.25, 0.3) is 0 Å². The van der Waals surface area contributed by atoms with Crippen LogP contribution >= 0.6 is 0 Å². The average molecular weight is 282 g/mol. The largest absolute Gasteiger partial charge is 0.351 e. The van der Waals surface area contributed by atoms with E-state index < -0.39 is 6.04 Å². The van der Waals surface area contributed by atoms with Crippen LogP contribution in [0.1, 0.15) is 19.4 Å². The lowest BCUT2D eigenvalue weighted by Crippen LogP contribution is -2.43. The van der Waals surface area contributed by atoms with E-state index >= 15 is 0 Å². The number of nitrogens with one attached hydrogen (secondary N) is 1. The first-order chi connectivity index (χ1) is 10.1. The van der Waals surface area contributed by atoms with Gasteiger partial charge in [-0.2, -0.15) is 0 Å². The van der Waals surface area contributed by atoms with E-state index in [1.165, 1.54) is 11.1 Å². The first kappa shape index (κ1) is 15.3. The number of carbonyl (C=O) groups is 1. The minimum Gasteiger partial charge on any atom is -0.351 e. The highest BCUT2D eigenvalue weighted by molar-refractivity contribution is 5.81. The smallest absolute Gasteiger partial charge is 0.237 e. The van der Waals surface area contributed by atoms with Crippen LogP contribution in [0.15, 0.2) is 54.6 Å². The normalized spacial score (nSPS) is 12.2. The number of hydrogen-bond donors (Lipinski definition) is 2. The summed E-state index contributed by atoms with van der Waals surface area (Å²) in [6.07, 6.45) is 0. The van der Waals surface area contributed by atoms with Crippen LogP contribution in [0, 0.1) is 5.92 Å². The number of amides is 1. The molecule has 0 saturated heterocycles. The van der Waals surface area contributed by atoms with Crippen LogP contribution in [-0.2, 0) is 11.3 Å². The van der Waals surface area contributed by atoms with Crippen LogP contribution in [0.5, 0.6) is 0 Å². The summed E-state index contributed by atoms with van der Waals surface area (Å²) in [4.78, 5) is 11.8. The molecule has 0 saturated carbocycles. The van der Waals surface area contributed by atoms with Gasteiger partial charge in [-0.25, -0.2) is 0 Å². The van der Waals surface area contributed by atoms with E-state index in [0.29, 0.717) is 6.54 Å². The molecule has 21 heavy (non-hydrogen) atoms. The quantitative estimate of drug-likeness (QED) is 0.886. The molecule has 0 bridgehead atoms. The van der Waals surface area contributed by atoms with Crippen molar-refractivity contribution in [3.63, 3.8) is 0 Å². The number of rotatable bonds is 5. The Morgan fingerprint density at radius 2 is 1.57 bits per heavy atom. The molecule has 0 aliphatic rings. The van der Waals surface area contributed by atoms with Gasteiger partial charge >= 0.3 is 0 Å². The summed E-state index contributed by atoms with van der Waals surface area (Å²) in [5.41, 5.74) is 9.24. The molecule has 3 N–H and O–H groups in total. The predicted molar refractivity (Wildman–Crippen MR) is 86.5 cm³/mol. The van der Waals surface area contributed by atoms with Gasteiger partial charge < -0.3 is 11.1 Å². The number of carbonyl (C=O) groups excluding carboxylic acids is 1. The zero-order valence-corrected chi connectivity index (χ0v) is 12.5. The van der Waals surface area contributed by atoms with E-state index in [4.69, 9.17) is 5.73 Å². The van der Waals surface area contributed by atoms with Crippen molar-refractivity contribution >= 4 is 5.91 Å². The van der Waals surface area contributed by atoms with Crippen molar-refractivity contribution in [1.29, 1.82) is 0 Å². The van der Waals surface area contributed by atoms with E-state index in [1.54, 1.807) is 0 Å². The van der Waals surface area contributed by atoms with Gasteiger partial charge in [-0.15, -0.1) is 0 Å². The van der Waals surface area contributed by atoms with Crippen LogP contribution in [-0.4, -0.2) is 11.9 Å². The Bertz CT molecular complexity index is 576. The summed E-state index contributed by atoms with van der Waals surface area (Å²) in [6.45, 7) is 4.39. The summed E-state index contributed by atoms with van der Waals surface area (Å²) < 4.78 is 0. The van der Waals surface area contributed by atoms with Crippen LogP contribution in [0.2, 0.25) is 0 Å². The van der Waals surface area contributed by atoms with E-state index in [9.17, 15) is 4.79 Å². The van der Waals surface area contributed by atoms with E-state index in [-0.39, 0.29) is 11.8 Å². The van der Waals surface area contributed by atoms with Gasteiger partial charge in [0.2, 0.25) is 5.91 Å². The summed E-state index contributed by atoms with van der Waals surface area (Å²) in [5.74, 6) is 0.0441. The van der Waals surface area contributed by atoms with Crippen LogP contribution in [0.4, 0.5) is 0 Å². The SMILES string of the molecule is CC(C)[C@H](N)C(=O)NCc1ccc(-c2ccccc2)cc1. The Morgan fingerprint density at radius 1 is 1.00 bits per heavy atom. The summed E-state index contributed by atoms with van der Waals surface area (Å²) in [6, 6.07) is 18.0. The van der Waals surface area contributed by atoms with Crippen molar-refractivity contribution in [2.45, 2.75) is 26.4 Å². The molecule has 2 rings (SSSR count). The second-order valence-corrected chi connectivity index (χ2v) is 5.55. The summed E-state index contributed by atoms with van der Waals surface area (Å²) in [7, 11) is 0. The second kappa shape index (κ2) is 7.04. The molecule has 0 spiro atoms. The topological polar surface area (TPSA) is 55.1 Å². The molecule has 0 aromatic heterocycles. The predicted octanol–water partition coefficient (Wildman–Crippen LogP) is 2.95. The Labute approximate surface area is 126 Å². The van der Waals surface area contributed by atoms with Gasteiger partial charge in [-0.1, -0.05) is 68.4 Å². The molecule has 1 amide bonds. The van der Waals surface area contributed by atoms with Crippen LogP contribution < -0.4 is 11.1 Å². The van der Waals surface area contributed by atoms with Crippen molar-refractivity contribution in [3.05, 3.63) is 60.2 Å². The van der Waals surface area contributed by atoms with Gasteiger partial charge in [-0.3, -0.25) is 4.79 Å². The van der Waals surface area contributed by atoms with Crippen molar-refractivity contribution in [2.24, 2.45) is 11.7 Å². The molecule has 0 heterocycles. The molecule has 2 aromatic carbocycles. The number of benzene rings is 2. The van der Waals surface area contributed by atoms with Crippen molar-refractivity contribution in [1.82, 2.24) is 5.32 Å². The highest BCUT2D eigenvalue weighted by Crippen LogP contribution is 2.19. The third-order valence-corrected chi connectivity index (χ3v) is 3.55. The standard InChI is InChI=1S/C18H22N2O/c1-13(2)17(19)18(21)20-12-14-8-10-16(11-9-14)15-6-4-3-5-7-15/h3-11,13,17H,12,19H2,1-2H3,(H,20,21)/t17-/m0/s1. The van der Waals surface area contributed by atoms with Gasteiger partial charge in [0.1, 0.15) is 0 Å². The van der Waals surface area contributed by atoms with Crippen LogP contribution in [0.3, 0.4) is 0 Å². The maximum atomic E-state index is 11.8. The van der Waals surface area contributed by atoms with E-state index in [1.807, 2.05) is 44.2 Å². The molecule has 3 heteroatoms. The van der Waals surface area contributed by atoms with Crippen LogP contribution in [0.25, 0.3) is 11.1 Å². The lowest BCUT2D eigenvalue weighted by atomic mass is 10.0. The molecule has 2 aromatic rings. The molecule has 0 fully saturated rings. The monoisotopic (exact) mass is 282 g/mol. The third kappa shape index (κ3) is 4.17. The van der Waals surface area contributed by atoms with Gasteiger partial charge in [0, 0.05) is 6.54 Å². The molecule has 0 radical (unpaired) electrons. The Morgan fingerprint density at radius 3 is 2.14 bits per heavy atom. The fourth-order valence-electron chi connectivity index (χ4n) is 2.06. The highest BCUT2D eigenvalue weighted by atomic mass is 16.2. The summed E-state index contributed by atoms with van der Waals surface area (Å²) in [5, 5.41) is 2.88. The Kier molecular flexibility index (Phi) is 5.12. The van der Waals surface area contributed by atoms with Gasteiger partial charge in [0.05, 0.1) is 6.04 Å². The lowest BCUT2D eigenvalue weighted by molar-refractivity contribution is -0.123. The zero-order chi connectivity index (χ0) is 15.2. The first-order valence-corrected chi connectivity index (χ1v) is 7.25. The second-order valence-electron chi connectivity index (χ2n) is 5.55. The first-order valence-electron chi connectivity index (χ1n) is 7.25. The fraction of sp³-hybridized carbons (Fsp3) is 0.278. The van der Waals surface area contributed by atoms with Gasteiger partial charge in [-0.05, 0) is 22.6 Å². The maximum Gasteiger partial charge on any atom is 0.237 e. The average Bonchev–Trinajstić information content (AvgIpc) is 2.53.